The number of non-ortho nitro benzene ring substituents is 1. The summed E-state index contributed by atoms with van der Waals surface area (Å²) < 4.78 is 21.6. The lowest BCUT2D eigenvalue weighted by molar-refractivity contribution is -0.384. The van der Waals surface area contributed by atoms with E-state index in [0.29, 0.717) is 30.0 Å². The highest BCUT2D eigenvalue weighted by atomic mass is 16.7. The summed E-state index contributed by atoms with van der Waals surface area (Å²) in [6.45, 7) is 7.90. The van der Waals surface area contributed by atoms with Crippen molar-refractivity contribution in [1.29, 1.82) is 0 Å². The molecular weight excluding hydrogens is 506 g/mol. The highest BCUT2D eigenvalue weighted by Crippen LogP contribution is 2.40. The fourth-order valence-electron chi connectivity index (χ4n) is 4.03. The summed E-state index contributed by atoms with van der Waals surface area (Å²) in [5.74, 6) is -0.799. The first-order valence-corrected chi connectivity index (χ1v) is 12.4. The van der Waals surface area contributed by atoms with Crippen molar-refractivity contribution in [1.82, 2.24) is 10.2 Å². The molecule has 0 saturated heterocycles. The van der Waals surface area contributed by atoms with Crippen LogP contribution >= 0.6 is 0 Å². The minimum atomic E-state index is -0.960. The third-order valence-corrected chi connectivity index (χ3v) is 5.76. The average Bonchev–Trinajstić information content (AvgIpc) is 2.87. The first kappa shape index (κ1) is 29.2. The molecule has 0 bridgehead atoms. The number of nitro groups is 1. The van der Waals surface area contributed by atoms with E-state index in [4.69, 9.17) is 18.9 Å². The Balaban J connectivity index is 1.78. The molecule has 11 heteroatoms. The molecule has 0 spiro atoms. The van der Waals surface area contributed by atoms with Crippen LogP contribution < -0.4 is 5.32 Å². The molecule has 11 nitrogen and oxygen atoms in total. The van der Waals surface area contributed by atoms with Gasteiger partial charge >= 0.3 is 12.3 Å². The van der Waals surface area contributed by atoms with E-state index in [1.165, 1.54) is 18.2 Å². The molecule has 1 atom stereocenters. The Morgan fingerprint density at radius 1 is 1.00 bits per heavy atom. The van der Waals surface area contributed by atoms with E-state index in [2.05, 4.69) is 5.32 Å². The Labute approximate surface area is 227 Å². The van der Waals surface area contributed by atoms with Crippen LogP contribution in [0.15, 0.2) is 77.5 Å². The molecule has 0 saturated carbocycles. The van der Waals surface area contributed by atoms with Gasteiger partial charge in [-0.3, -0.25) is 15.0 Å². The van der Waals surface area contributed by atoms with Crippen LogP contribution in [0.1, 0.15) is 44.7 Å². The van der Waals surface area contributed by atoms with Gasteiger partial charge in [0.05, 0.1) is 22.4 Å². The summed E-state index contributed by atoms with van der Waals surface area (Å²) in [7, 11) is 1.91. The number of hydrogen-bond acceptors (Lipinski definition) is 10. The lowest BCUT2D eigenvalue weighted by Crippen LogP contribution is -2.30. The van der Waals surface area contributed by atoms with E-state index in [1.807, 2.05) is 42.3 Å². The Morgan fingerprint density at radius 2 is 1.64 bits per heavy atom. The molecular formula is C28H33N3O8. The van der Waals surface area contributed by atoms with Gasteiger partial charge in [-0.1, -0.05) is 42.5 Å². The van der Waals surface area contributed by atoms with Crippen LogP contribution in [0, 0.1) is 10.1 Å². The molecule has 0 aromatic heterocycles. The summed E-state index contributed by atoms with van der Waals surface area (Å²) in [6, 6.07) is 15.7. The van der Waals surface area contributed by atoms with E-state index < -0.39 is 29.3 Å². The van der Waals surface area contributed by atoms with E-state index >= 15 is 0 Å². The summed E-state index contributed by atoms with van der Waals surface area (Å²) >= 11 is 0. The second kappa shape index (κ2) is 13.4. The smallest absolute Gasteiger partial charge is 0.433 e. The van der Waals surface area contributed by atoms with Crippen LogP contribution in [0.25, 0.3) is 0 Å². The van der Waals surface area contributed by atoms with Crippen molar-refractivity contribution in [3.63, 3.8) is 0 Å². The number of ether oxygens (including phenoxy) is 4. The van der Waals surface area contributed by atoms with Crippen LogP contribution in [0.2, 0.25) is 0 Å². The van der Waals surface area contributed by atoms with Crippen molar-refractivity contribution >= 4 is 18.0 Å². The molecule has 1 aliphatic heterocycles. The minimum absolute atomic E-state index is 0.0718. The number of hydrogen-bond donors (Lipinski definition) is 1. The summed E-state index contributed by atoms with van der Waals surface area (Å²) in [5.41, 5.74) is 2.23. The maximum Gasteiger partial charge on any atom is 0.513 e. The van der Waals surface area contributed by atoms with Gasteiger partial charge < -0.3 is 24.3 Å². The van der Waals surface area contributed by atoms with E-state index in [0.717, 1.165) is 5.56 Å². The molecule has 39 heavy (non-hydrogen) atoms. The number of likely N-dealkylation sites (N-methyl/N-ethyl adjacent to an activating group) is 1. The lowest BCUT2D eigenvalue weighted by atomic mass is 9.90. The highest BCUT2D eigenvalue weighted by Gasteiger charge is 2.36. The van der Waals surface area contributed by atoms with Gasteiger partial charge in [-0.05, 0) is 45.9 Å². The van der Waals surface area contributed by atoms with Crippen LogP contribution in [0.5, 0.6) is 0 Å². The van der Waals surface area contributed by atoms with Crippen molar-refractivity contribution in [3.8, 4) is 0 Å². The Bertz CT molecular complexity index is 1260. The molecule has 0 fully saturated rings. The highest BCUT2D eigenvalue weighted by molar-refractivity contribution is 5.65. The van der Waals surface area contributed by atoms with Gasteiger partial charge in [0, 0.05) is 25.2 Å². The molecule has 1 heterocycles. The molecule has 208 valence electrons. The SMILES string of the molecule is CC1=C(OC(=O)OCCN(C)Cc2ccccc2)C(c2cccc([N+](=O)[O-])c2)C(OC(=O)OC(C)C)=C(C)N1. The Kier molecular flexibility index (Phi) is 10.0. The molecule has 3 rings (SSSR count). The summed E-state index contributed by atoms with van der Waals surface area (Å²) in [5, 5.41) is 14.5. The third kappa shape index (κ3) is 8.30. The Hall–Kier alpha value is -4.38. The van der Waals surface area contributed by atoms with Gasteiger partial charge in [-0.25, -0.2) is 9.59 Å². The first-order chi connectivity index (χ1) is 18.5. The number of carbonyl (C=O) groups is 2. The number of nitrogens with zero attached hydrogens (tertiary/aromatic N) is 2. The van der Waals surface area contributed by atoms with Crippen LogP contribution in [-0.4, -0.2) is 48.4 Å². The zero-order chi connectivity index (χ0) is 28.5. The zero-order valence-electron chi connectivity index (χ0n) is 22.6. The molecule has 0 radical (unpaired) electrons. The molecule has 2 aromatic rings. The van der Waals surface area contributed by atoms with Gasteiger partial charge in [0.25, 0.3) is 5.69 Å². The number of allylic oxidation sites excluding steroid dienone is 2. The first-order valence-electron chi connectivity index (χ1n) is 12.4. The van der Waals surface area contributed by atoms with Crippen LogP contribution in [0.4, 0.5) is 15.3 Å². The second-order valence-electron chi connectivity index (χ2n) is 9.33. The fraction of sp³-hybridized carbons (Fsp3) is 0.357. The zero-order valence-corrected chi connectivity index (χ0v) is 22.6. The fourth-order valence-corrected chi connectivity index (χ4v) is 4.03. The molecule has 1 unspecified atom stereocenters. The van der Waals surface area contributed by atoms with E-state index in [-0.39, 0.29) is 23.8 Å². The van der Waals surface area contributed by atoms with Gasteiger partial charge in [-0.15, -0.1) is 0 Å². The number of nitro benzene ring substituents is 1. The van der Waals surface area contributed by atoms with Crippen molar-refractivity contribution in [2.45, 2.75) is 46.3 Å². The number of nitrogens with one attached hydrogen (secondary N) is 1. The average molecular weight is 540 g/mol. The minimum Gasteiger partial charge on any atom is -0.433 e. The monoisotopic (exact) mass is 539 g/mol. The van der Waals surface area contributed by atoms with Gasteiger partial charge in [0.2, 0.25) is 0 Å². The van der Waals surface area contributed by atoms with Crippen LogP contribution in [-0.2, 0) is 25.5 Å². The molecule has 0 aliphatic carbocycles. The molecule has 1 aliphatic rings. The van der Waals surface area contributed by atoms with Crippen molar-refractivity contribution < 1.29 is 33.5 Å². The molecule has 0 amide bonds. The summed E-state index contributed by atoms with van der Waals surface area (Å²) in [4.78, 5) is 38.0. The van der Waals surface area contributed by atoms with E-state index in [9.17, 15) is 19.7 Å². The largest absolute Gasteiger partial charge is 0.513 e. The van der Waals surface area contributed by atoms with Crippen molar-refractivity contribution in [2.24, 2.45) is 0 Å². The van der Waals surface area contributed by atoms with Crippen molar-refractivity contribution in [2.75, 3.05) is 20.2 Å². The number of benzene rings is 2. The molecule has 2 aromatic carbocycles. The standard InChI is InChI=1S/C28H33N3O8/c1-18(2)37-28(33)39-26-20(4)29-19(3)25(24(26)22-12-9-13-23(16-22)31(34)35)38-27(32)36-15-14-30(5)17-21-10-7-6-8-11-21/h6-13,16,18,24,29H,14-15,17H2,1-5H3. The van der Waals surface area contributed by atoms with E-state index in [1.54, 1.807) is 33.8 Å². The lowest BCUT2D eigenvalue weighted by Gasteiger charge is -2.30. The van der Waals surface area contributed by atoms with Crippen molar-refractivity contribution in [3.05, 3.63) is 98.8 Å². The number of rotatable bonds is 10. The third-order valence-electron chi connectivity index (χ3n) is 5.76. The van der Waals surface area contributed by atoms with Crippen LogP contribution in [0.3, 0.4) is 0 Å². The quantitative estimate of drug-likeness (QED) is 0.232. The maximum absolute atomic E-state index is 12.7. The summed E-state index contributed by atoms with van der Waals surface area (Å²) in [6.07, 6.45) is -2.35. The number of dihydropyridines is 1. The number of carbonyl (C=O) groups excluding carboxylic acids is 2. The second-order valence-corrected chi connectivity index (χ2v) is 9.33. The molecule has 1 N–H and O–H groups in total. The topological polar surface area (TPSA) is 129 Å². The maximum atomic E-state index is 12.7. The van der Waals surface area contributed by atoms with Gasteiger partial charge in [0.1, 0.15) is 24.0 Å². The predicted octanol–water partition coefficient (Wildman–Crippen LogP) is 5.59. The van der Waals surface area contributed by atoms with Gasteiger partial charge in [-0.2, -0.15) is 0 Å². The predicted molar refractivity (Wildman–Crippen MR) is 142 cm³/mol. The normalized spacial score (nSPS) is 15.2. The van der Waals surface area contributed by atoms with Gasteiger partial charge in [0.15, 0.2) is 0 Å². The Morgan fingerprint density at radius 3 is 2.26 bits per heavy atom.